The van der Waals surface area contributed by atoms with Crippen molar-refractivity contribution >= 4 is 11.7 Å². The molecular weight excluding hydrogens is 417 g/mol. The molecule has 2 heterocycles. The lowest BCUT2D eigenvalue weighted by molar-refractivity contribution is -0.137. The van der Waals surface area contributed by atoms with Crippen molar-refractivity contribution in [2.24, 2.45) is 5.92 Å². The fourth-order valence-electron chi connectivity index (χ4n) is 5.42. The molecule has 32 heavy (non-hydrogen) atoms. The molecule has 2 amide bonds. The van der Waals surface area contributed by atoms with E-state index in [9.17, 15) is 18.0 Å². The summed E-state index contributed by atoms with van der Waals surface area (Å²) in [6.07, 6.45) is 1.36. The van der Waals surface area contributed by atoms with Crippen molar-refractivity contribution in [2.75, 3.05) is 32.1 Å². The first-order valence-electron chi connectivity index (χ1n) is 11.0. The Morgan fingerprint density at radius 1 is 1.12 bits per heavy atom. The quantitative estimate of drug-likeness (QED) is 0.669. The van der Waals surface area contributed by atoms with Crippen LogP contribution in [0.3, 0.4) is 0 Å². The third-order valence-corrected chi connectivity index (χ3v) is 7.40. The van der Waals surface area contributed by atoms with Crippen molar-refractivity contribution in [3.8, 4) is 0 Å². The highest BCUT2D eigenvalue weighted by atomic mass is 19.4. The van der Waals surface area contributed by atoms with E-state index in [2.05, 4.69) is 36.1 Å². The Kier molecular flexibility index (Phi) is 4.78. The van der Waals surface area contributed by atoms with Gasteiger partial charge in [0.05, 0.1) is 35.1 Å². The lowest BCUT2D eigenvalue weighted by Gasteiger charge is -2.60. The number of urea groups is 1. The van der Waals surface area contributed by atoms with Crippen LogP contribution in [0.2, 0.25) is 0 Å². The number of nitrogens with zero attached hydrogens (tertiary/aromatic N) is 4. The predicted octanol–water partition coefficient (Wildman–Crippen LogP) is 4.74. The zero-order valence-corrected chi connectivity index (χ0v) is 18.3. The number of rotatable bonds is 5. The number of hydrogen-bond donors (Lipinski definition) is 0. The van der Waals surface area contributed by atoms with Crippen molar-refractivity contribution in [1.82, 2.24) is 14.8 Å². The first-order valence-corrected chi connectivity index (χ1v) is 11.0. The van der Waals surface area contributed by atoms with Crippen LogP contribution in [0.1, 0.15) is 36.8 Å². The molecule has 1 spiro atoms. The molecule has 0 unspecified atom stereocenters. The van der Waals surface area contributed by atoms with Gasteiger partial charge in [-0.1, -0.05) is 30.3 Å². The van der Waals surface area contributed by atoms with Crippen LogP contribution in [0.5, 0.6) is 0 Å². The second-order valence-electron chi connectivity index (χ2n) is 9.72. The molecule has 0 atom stereocenters. The maximum absolute atomic E-state index is 13.5. The summed E-state index contributed by atoms with van der Waals surface area (Å²) in [6, 6.07) is 11.1. The number of alkyl halides is 3. The topological polar surface area (TPSA) is 39.7 Å². The van der Waals surface area contributed by atoms with Crippen molar-refractivity contribution in [3.63, 3.8) is 0 Å². The van der Waals surface area contributed by atoms with Crippen LogP contribution in [0.15, 0.2) is 48.8 Å². The van der Waals surface area contributed by atoms with E-state index in [1.165, 1.54) is 16.7 Å². The zero-order valence-electron chi connectivity index (χ0n) is 18.3. The van der Waals surface area contributed by atoms with Crippen molar-refractivity contribution in [3.05, 3.63) is 59.9 Å². The summed E-state index contributed by atoms with van der Waals surface area (Å²) in [5, 5.41) is 0. The number of amides is 2. The zero-order chi connectivity index (χ0) is 22.7. The number of pyridine rings is 1. The molecule has 1 aromatic carbocycles. The second-order valence-corrected chi connectivity index (χ2v) is 9.72. The molecule has 2 aromatic rings. The monoisotopic (exact) mass is 444 g/mol. The van der Waals surface area contributed by atoms with Crippen molar-refractivity contribution in [2.45, 2.75) is 42.9 Å². The molecule has 5 nitrogen and oxygen atoms in total. The molecule has 3 fully saturated rings. The predicted molar refractivity (Wildman–Crippen MR) is 115 cm³/mol. The van der Waals surface area contributed by atoms with Crippen molar-refractivity contribution in [1.29, 1.82) is 0 Å². The number of benzene rings is 1. The van der Waals surface area contributed by atoms with Gasteiger partial charge >= 0.3 is 12.2 Å². The standard InChI is InChI=1S/C24H27F3N4O/c1-29(2)23(18-6-4-3-5-7-18)14-22(15-23)16-30(21(32)31(22)13-17-8-9-17)20-10-19(11-28-12-20)24(25,26)27/h3-7,10-12,17H,8-9,13-16H2,1-2H3/t22-,23+. The highest BCUT2D eigenvalue weighted by molar-refractivity contribution is 5.95. The molecule has 3 aliphatic rings. The van der Waals surface area contributed by atoms with Crippen LogP contribution in [-0.2, 0) is 11.7 Å². The van der Waals surface area contributed by atoms with E-state index < -0.39 is 17.3 Å². The summed E-state index contributed by atoms with van der Waals surface area (Å²) in [6.45, 7) is 1.05. The summed E-state index contributed by atoms with van der Waals surface area (Å²) >= 11 is 0. The third-order valence-electron chi connectivity index (χ3n) is 7.40. The number of hydrogen-bond acceptors (Lipinski definition) is 3. The number of carbonyl (C=O) groups is 1. The van der Waals surface area contributed by atoms with Crippen LogP contribution >= 0.6 is 0 Å². The van der Waals surface area contributed by atoms with Gasteiger partial charge in [-0.3, -0.25) is 14.8 Å². The second kappa shape index (κ2) is 7.20. The van der Waals surface area contributed by atoms with E-state index >= 15 is 0 Å². The van der Waals surface area contributed by atoms with Crippen LogP contribution in [0.25, 0.3) is 0 Å². The largest absolute Gasteiger partial charge is 0.417 e. The molecular formula is C24H27F3N4O. The van der Waals surface area contributed by atoms with Gasteiger partial charge in [0.2, 0.25) is 0 Å². The maximum Gasteiger partial charge on any atom is 0.417 e. The summed E-state index contributed by atoms with van der Waals surface area (Å²) in [7, 11) is 4.10. The van der Waals surface area contributed by atoms with E-state index in [4.69, 9.17) is 0 Å². The Labute approximate surface area is 185 Å². The van der Waals surface area contributed by atoms with Gasteiger partial charge in [0, 0.05) is 12.7 Å². The fourth-order valence-corrected chi connectivity index (χ4v) is 5.42. The summed E-state index contributed by atoms with van der Waals surface area (Å²) < 4.78 is 39.8. The smallest absolute Gasteiger partial charge is 0.316 e. The minimum absolute atomic E-state index is 0.203. The molecule has 8 heteroatoms. The average Bonchev–Trinajstić information content (AvgIpc) is 3.51. The Morgan fingerprint density at radius 3 is 2.41 bits per heavy atom. The first-order chi connectivity index (χ1) is 15.1. The lowest BCUT2D eigenvalue weighted by atomic mass is 9.58. The van der Waals surface area contributed by atoms with E-state index in [1.54, 1.807) is 0 Å². The molecule has 1 aliphatic heterocycles. The third kappa shape index (κ3) is 3.36. The first kappa shape index (κ1) is 21.2. The molecule has 0 radical (unpaired) electrons. The van der Waals surface area contributed by atoms with Gasteiger partial charge in [-0.25, -0.2) is 4.79 Å². The van der Waals surface area contributed by atoms with Gasteiger partial charge in [-0.2, -0.15) is 13.2 Å². The molecule has 170 valence electrons. The van der Waals surface area contributed by atoms with E-state index in [0.717, 1.165) is 37.9 Å². The van der Waals surface area contributed by atoms with Crippen molar-refractivity contribution < 1.29 is 18.0 Å². The molecule has 5 rings (SSSR count). The lowest BCUT2D eigenvalue weighted by Crippen LogP contribution is -2.67. The molecule has 1 aromatic heterocycles. The summed E-state index contributed by atoms with van der Waals surface area (Å²) in [5.74, 6) is 0.487. The average molecular weight is 445 g/mol. The van der Waals surface area contributed by atoms with Gasteiger partial charge in [0.15, 0.2) is 0 Å². The fraction of sp³-hybridized carbons (Fsp3) is 0.500. The Hall–Kier alpha value is -2.61. The molecule has 1 saturated heterocycles. The van der Waals surface area contributed by atoms with Gasteiger partial charge in [-0.15, -0.1) is 0 Å². The Balaban J connectivity index is 1.48. The van der Waals surface area contributed by atoms with Crippen LogP contribution in [0.4, 0.5) is 23.7 Å². The molecule has 0 bridgehead atoms. The van der Waals surface area contributed by atoms with Gasteiger partial charge in [0.25, 0.3) is 0 Å². The minimum atomic E-state index is -4.50. The molecule has 2 saturated carbocycles. The normalized spacial score (nSPS) is 28.0. The minimum Gasteiger partial charge on any atom is -0.316 e. The van der Waals surface area contributed by atoms with Gasteiger partial charge < -0.3 is 4.90 Å². The molecule has 2 aliphatic carbocycles. The molecule has 0 N–H and O–H groups in total. The SMILES string of the molecule is CN(C)[C@]1(c2ccccc2)C[C@@]2(CN(c3cncc(C(F)(F)F)c3)C(=O)N2CC2CC2)C1. The summed E-state index contributed by atoms with van der Waals surface area (Å²) in [5.41, 5.74) is -0.0179. The summed E-state index contributed by atoms with van der Waals surface area (Å²) in [4.78, 5) is 22.9. The highest BCUT2D eigenvalue weighted by Gasteiger charge is 2.65. The Morgan fingerprint density at radius 2 is 1.81 bits per heavy atom. The van der Waals surface area contributed by atoms with E-state index in [0.29, 0.717) is 19.0 Å². The number of halogens is 3. The van der Waals surface area contributed by atoms with Crippen LogP contribution < -0.4 is 4.90 Å². The van der Waals surface area contributed by atoms with Crippen LogP contribution in [-0.4, -0.2) is 53.5 Å². The van der Waals surface area contributed by atoms with Crippen LogP contribution in [0, 0.1) is 5.92 Å². The van der Waals surface area contributed by atoms with Gasteiger partial charge in [0.1, 0.15) is 0 Å². The number of carbonyl (C=O) groups excluding carboxylic acids is 1. The van der Waals surface area contributed by atoms with E-state index in [1.807, 2.05) is 23.1 Å². The number of aromatic nitrogens is 1. The number of anilines is 1. The van der Waals surface area contributed by atoms with Gasteiger partial charge in [-0.05, 0) is 57.3 Å². The highest BCUT2D eigenvalue weighted by Crippen LogP contribution is 2.57. The Bertz CT molecular complexity index is 1010. The maximum atomic E-state index is 13.5. The van der Waals surface area contributed by atoms with E-state index in [-0.39, 0.29) is 17.3 Å².